The smallest absolute Gasteiger partial charge is 0.404 e. The van der Waals surface area contributed by atoms with Gasteiger partial charge in [-0.1, -0.05) is 24.6 Å². The zero-order valence-electron chi connectivity index (χ0n) is 18.0. The molecule has 2 aromatic rings. The molecule has 2 aliphatic rings. The Hall–Kier alpha value is -2.98. The number of carbonyl (C=O) groups is 2. The van der Waals surface area contributed by atoms with Gasteiger partial charge in [-0.05, 0) is 30.0 Å². The van der Waals surface area contributed by atoms with Crippen LogP contribution in [0, 0.1) is 5.82 Å². The maximum absolute atomic E-state index is 14.0. The van der Waals surface area contributed by atoms with Crippen molar-refractivity contribution in [3.8, 4) is 0 Å². The third-order valence-electron chi connectivity index (χ3n) is 6.27. The Balaban J connectivity index is 1.49. The number of aliphatic hydroxyl groups is 1. The van der Waals surface area contributed by atoms with Crippen molar-refractivity contribution in [2.24, 2.45) is 0 Å². The lowest BCUT2D eigenvalue weighted by Crippen LogP contribution is -2.51. The Labute approximate surface area is 195 Å². The van der Waals surface area contributed by atoms with Crippen LogP contribution >= 0.6 is 11.6 Å². The number of aromatic nitrogens is 2. The molecule has 3 atom stereocenters. The second-order valence-corrected chi connectivity index (χ2v) is 8.78. The van der Waals surface area contributed by atoms with Gasteiger partial charge in [0.25, 0.3) is 0 Å². The summed E-state index contributed by atoms with van der Waals surface area (Å²) in [6.07, 6.45) is 0.202. The van der Waals surface area contributed by atoms with E-state index in [0.29, 0.717) is 43.9 Å². The Morgan fingerprint density at radius 3 is 2.67 bits per heavy atom. The molecule has 3 N–H and O–H groups in total. The maximum Gasteiger partial charge on any atom is 0.404 e. The van der Waals surface area contributed by atoms with Crippen LogP contribution < -0.4 is 10.2 Å². The third-order valence-corrected chi connectivity index (χ3v) is 6.58. The SMILES string of the molecule is C[C@@H]1C[C@H](O)c2ncnc(N3CCN(C(=O)[C@H](CNC(=O)O)c4ccc(Cl)c(F)c4)CC3)c21. The van der Waals surface area contributed by atoms with Crippen LogP contribution in [0.25, 0.3) is 0 Å². The number of nitrogens with zero attached hydrogens (tertiary/aromatic N) is 4. The van der Waals surface area contributed by atoms with Crippen molar-refractivity contribution in [2.45, 2.75) is 31.3 Å². The molecular formula is C22H25ClFN5O4. The van der Waals surface area contributed by atoms with E-state index >= 15 is 0 Å². The van der Waals surface area contributed by atoms with Gasteiger partial charge in [-0.25, -0.2) is 19.2 Å². The fourth-order valence-electron chi connectivity index (χ4n) is 4.58. The molecule has 0 spiro atoms. The summed E-state index contributed by atoms with van der Waals surface area (Å²) in [7, 11) is 0. The first-order valence-corrected chi connectivity index (χ1v) is 11.1. The first-order valence-electron chi connectivity index (χ1n) is 10.7. The number of benzene rings is 1. The summed E-state index contributed by atoms with van der Waals surface area (Å²) in [5.41, 5.74) is 1.97. The van der Waals surface area contributed by atoms with Gasteiger partial charge in [0.15, 0.2) is 0 Å². The molecule has 0 saturated carbocycles. The topological polar surface area (TPSA) is 119 Å². The number of piperazine rings is 1. The molecule has 0 unspecified atom stereocenters. The van der Waals surface area contributed by atoms with Gasteiger partial charge in [-0.2, -0.15) is 0 Å². The molecule has 176 valence electrons. The van der Waals surface area contributed by atoms with Gasteiger partial charge in [0.2, 0.25) is 5.91 Å². The van der Waals surface area contributed by atoms with Gasteiger partial charge in [0.1, 0.15) is 18.0 Å². The molecule has 1 aromatic carbocycles. The van der Waals surface area contributed by atoms with Crippen molar-refractivity contribution in [3.63, 3.8) is 0 Å². The maximum atomic E-state index is 14.0. The molecule has 1 aromatic heterocycles. The predicted molar refractivity (Wildman–Crippen MR) is 119 cm³/mol. The fraction of sp³-hybridized carbons (Fsp3) is 0.455. The van der Waals surface area contributed by atoms with Gasteiger partial charge in [0.05, 0.1) is 22.7 Å². The third kappa shape index (κ3) is 4.72. The molecule has 4 rings (SSSR count). The van der Waals surface area contributed by atoms with Crippen LogP contribution in [0.5, 0.6) is 0 Å². The minimum absolute atomic E-state index is 0.0681. The van der Waals surface area contributed by atoms with E-state index in [1.165, 1.54) is 24.5 Å². The first-order chi connectivity index (χ1) is 15.8. The average molecular weight is 478 g/mol. The van der Waals surface area contributed by atoms with Gasteiger partial charge in [-0.15, -0.1) is 0 Å². The minimum Gasteiger partial charge on any atom is -0.465 e. The number of rotatable bonds is 5. The molecular weight excluding hydrogens is 453 g/mol. The van der Waals surface area contributed by atoms with E-state index in [1.54, 1.807) is 4.90 Å². The molecule has 2 heterocycles. The fourth-order valence-corrected chi connectivity index (χ4v) is 4.70. The summed E-state index contributed by atoms with van der Waals surface area (Å²) in [6, 6.07) is 4.06. The lowest BCUT2D eigenvalue weighted by Gasteiger charge is -2.38. The van der Waals surface area contributed by atoms with Crippen LogP contribution in [0.4, 0.5) is 15.0 Å². The minimum atomic E-state index is -1.26. The molecule has 9 nitrogen and oxygen atoms in total. The lowest BCUT2D eigenvalue weighted by molar-refractivity contribution is -0.133. The lowest BCUT2D eigenvalue weighted by atomic mass is 9.96. The molecule has 1 fully saturated rings. The van der Waals surface area contributed by atoms with Crippen molar-refractivity contribution in [1.29, 1.82) is 0 Å². The number of hydrogen-bond donors (Lipinski definition) is 3. The number of carbonyl (C=O) groups excluding carboxylic acids is 1. The van der Waals surface area contributed by atoms with Crippen molar-refractivity contribution < 1.29 is 24.2 Å². The van der Waals surface area contributed by atoms with E-state index < -0.39 is 23.9 Å². The second-order valence-electron chi connectivity index (χ2n) is 8.37. The quantitative estimate of drug-likeness (QED) is 0.605. The first kappa shape index (κ1) is 23.2. The summed E-state index contributed by atoms with van der Waals surface area (Å²) < 4.78 is 14.0. The van der Waals surface area contributed by atoms with E-state index in [9.17, 15) is 19.1 Å². The molecule has 11 heteroatoms. The molecule has 1 aliphatic carbocycles. The highest BCUT2D eigenvalue weighted by molar-refractivity contribution is 6.30. The molecule has 2 amide bonds. The Morgan fingerprint density at radius 2 is 2.00 bits per heavy atom. The number of carboxylic acid groups (broad SMARTS) is 1. The van der Waals surface area contributed by atoms with Crippen molar-refractivity contribution in [3.05, 3.63) is 52.2 Å². The van der Waals surface area contributed by atoms with Gasteiger partial charge < -0.3 is 25.3 Å². The summed E-state index contributed by atoms with van der Waals surface area (Å²) in [5, 5.41) is 21.4. The molecule has 1 saturated heterocycles. The normalized spacial score (nSPS) is 21.0. The van der Waals surface area contributed by atoms with Crippen LogP contribution in [0.3, 0.4) is 0 Å². The molecule has 1 aliphatic heterocycles. The summed E-state index contributed by atoms with van der Waals surface area (Å²) >= 11 is 5.76. The monoisotopic (exact) mass is 477 g/mol. The largest absolute Gasteiger partial charge is 0.465 e. The van der Waals surface area contributed by atoms with Crippen molar-refractivity contribution >= 4 is 29.4 Å². The molecule has 33 heavy (non-hydrogen) atoms. The highest BCUT2D eigenvalue weighted by atomic mass is 35.5. The number of aliphatic hydroxyl groups excluding tert-OH is 1. The number of amides is 2. The van der Waals surface area contributed by atoms with E-state index in [1.807, 2.05) is 6.92 Å². The Bertz CT molecular complexity index is 1060. The van der Waals surface area contributed by atoms with E-state index in [-0.39, 0.29) is 23.4 Å². The number of halogens is 2. The van der Waals surface area contributed by atoms with Crippen LogP contribution in [-0.4, -0.2) is 69.8 Å². The standard InChI is InChI=1S/C22H25ClFN5O4/c1-12-8-17(30)19-18(12)20(27-11-26-19)28-4-6-29(7-5-28)21(31)14(10-25-22(32)33)13-2-3-15(23)16(24)9-13/h2-3,9,11-12,14,17,25,30H,4-8,10H2,1H3,(H,32,33)/t12-,14-,17+/m1/s1. The van der Waals surface area contributed by atoms with E-state index in [4.69, 9.17) is 16.7 Å². The summed E-state index contributed by atoms with van der Waals surface area (Å²) in [4.78, 5) is 36.7. The van der Waals surface area contributed by atoms with Crippen molar-refractivity contribution in [2.75, 3.05) is 37.6 Å². The average Bonchev–Trinajstić information content (AvgIpc) is 3.09. The van der Waals surface area contributed by atoms with Crippen LogP contribution in [0.2, 0.25) is 5.02 Å². The Morgan fingerprint density at radius 1 is 1.27 bits per heavy atom. The molecule has 0 bridgehead atoms. The van der Waals surface area contributed by atoms with E-state index in [0.717, 1.165) is 11.4 Å². The van der Waals surface area contributed by atoms with Gasteiger partial charge >= 0.3 is 6.09 Å². The second kappa shape index (κ2) is 9.48. The zero-order valence-corrected chi connectivity index (χ0v) is 18.8. The van der Waals surface area contributed by atoms with Gasteiger partial charge in [0, 0.05) is 38.3 Å². The summed E-state index contributed by atoms with van der Waals surface area (Å²) in [5.74, 6) is -0.919. The van der Waals surface area contributed by atoms with E-state index in [2.05, 4.69) is 20.2 Å². The number of fused-ring (bicyclic) bond motifs is 1. The summed E-state index contributed by atoms with van der Waals surface area (Å²) in [6.45, 7) is 3.69. The molecule has 0 radical (unpaired) electrons. The van der Waals surface area contributed by atoms with Gasteiger partial charge in [-0.3, -0.25) is 4.79 Å². The Kier molecular flexibility index (Phi) is 6.66. The van der Waals surface area contributed by atoms with Crippen LogP contribution in [-0.2, 0) is 4.79 Å². The highest BCUT2D eigenvalue weighted by Crippen LogP contribution is 2.42. The highest BCUT2D eigenvalue weighted by Gasteiger charge is 2.35. The number of hydrogen-bond acceptors (Lipinski definition) is 6. The van der Waals surface area contributed by atoms with Crippen molar-refractivity contribution in [1.82, 2.24) is 20.2 Å². The number of anilines is 1. The number of nitrogens with one attached hydrogen (secondary N) is 1. The van der Waals surface area contributed by atoms with Crippen LogP contribution in [0.15, 0.2) is 24.5 Å². The van der Waals surface area contributed by atoms with Crippen LogP contribution in [0.1, 0.15) is 48.1 Å². The zero-order chi connectivity index (χ0) is 23.7. The predicted octanol–water partition coefficient (Wildman–Crippen LogP) is 2.51.